The molecule has 0 saturated carbocycles. The average Bonchev–Trinajstić information content (AvgIpc) is 3.43. The third-order valence-corrected chi connectivity index (χ3v) is 5.37. The molecule has 2 heterocycles. The molecule has 1 fully saturated rings. The van der Waals surface area contributed by atoms with Crippen LogP contribution in [-0.4, -0.2) is 48.5 Å². The lowest BCUT2D eigenvalue weighted by Gasteiger charge is -2.21. The molecule has 1 aliphatic rings. The number of hydrogen-bond donors (Lipinski definition) is 2. The van der Waals surface area contributed by atoms with E-state index in [1.54, 1.807) is 11.9 Å². The Balaban J connectivity index is 0.00000289. The standard InChI is InChI=1S/C23H26F2N6.HI/c1-26-23(27-12-10-17-14-28-31(15-17)19-6-3-2-4-7-19)29-18-11-13-30(16-18)22-20(24)8-5-9-21(22)25;/h2-9,14-15,18H,10-13,16H2,1H3,(H2,26,27,29);1H. The van der Waals surface area contributed by atoms with Gasteiger partial charge in [-0.2, -0.15) is 5.10 Å². The summed E-state index contributed by atoms with van der Waals surface area (Å²) in [5.74, 6) is -0.380. The molecule has 32 heavy (non-hydrogen) atoms. The summed E-state index contributed by atoms with van der Waals surface area (Å²) in [6, 6.07) is 14.0. The third kappa shape index (κ3) is 5.76. The molecule has 2 aromatic carbocycles. The molecule has 0 bridgehead atoms. The van der Waals surface area contributed by atoms with Crippen LogP contribution in [0.3, 0.4) is 0 Å². The van der Waals surface area contributed by atoms with Gasteiger partial charge in [0.15, 0.2) is 5.96 Å². The molecule has 1 unspecified atom stereocenters. The first-order valence-electron chi connectivity index (χ1n) is 10.4. The lowest BCUT2D eigenvalue weighted by molar-refractivity contribution is 0.576. The van der Waals surface area contributed by atoms with Gasteiger partial charge in [-0.1, -0.05) is 24.3 Å². The Hall–Kier alpha value is -2.69. The van der Waals surface area contributed by atoms with E-state index in [2.05, 4.69) is 20.7 Å². The number of guanidine groups is 1. The van der Waals surface area contributed by atoms with Crippen LogP contribution in [0.5, 0.6) is 0 Å². The minimum atomic E-state index is -0.529. The van der Waals surface area contributed by atoms with Gasteiger partial charge in [0.1, 0.15) is 17.3 Å². The molecule has 1 aromatic heterocycles. The normalized spacial score (nSPS) is 16.0. The van der Waals surface area contributed by atoms with Gasteiger partial charge < -0.3 is 15.5 Å². The summed E-state index contributed by atoms with van der Waals surface area (Å²) in [5, 5.41) is 11.1. The Morgan fingerprint density at radius 2 is 1.88 bits per heavy atom. The predicted octanol–water partition coefficient (Wildman–Crippen LogP) is 3.75. The average molecular weight is 552 g/mol. The zero-order valence-corrected chi connectivity index (χ0v) is 20.2. The Morgan fingerprint density at radius 3 is 2.59 bits per heavy atom. The second kappa shape index (κ2) is 11.3. The number of rotatable bonds is 6. The van der Waals surface area contributed by atoms with E-state index in [4.69, 9.17) is 0 Å². The van der Waals surface area contributed by atoms with Gasteiger partial charge in [-0.25, -0.2) is 13.5 Å². The van der Waals surface area contributed by atoms with E-state index in [1.807, 2.05) is 47.4 Å². The highest BCUT2D eigenvalue weighted by Crippen LogP contribution is 2.26. The molecule has 0 amide bonds. The van der Waals surface area contributed by atoms with Crippen molar-refractivity contribution in [1.82, 2.24) is 20.4 Å². The first-order chi connectivity index (χ1) is 15.1. The second-order valence-corrected chi connectivity index (χ2v) is 7.52. The van der Waals surface area contributed by atoms with Crippen molar-refractivity contribution in [3.8, 4) is 5.69 Å². The molecule has 170 valence electrons. The minimum absolute atomic E-state index is 0. The first-order valence-corrected chi connectivity index (χ1v) is 10.4. The van der Waals surface area contributed by atoms with Crippen molar-refractivity contribution in [2.45, 2.75) is 18.9 Å². The number of benzene rings is 2. The first kappa shape index (κ1) is 24.0. The maximum atomic E-state index is 14.1. The molecule has 1 saturated heterocycles. The van der Waals surface area contributed by atoms with Gasteiger partial charge in [-0.15, -0.1) is 24.0 Å². The lowest BCUT2D eigenvalue weighted by atomic mass is 10.2. The van der Waals surface area contributed by atoms with Gasteiger partial charge in [0, 0.05) is 38.9 Å². The summed E-state index contributed by atoms with van der Waals surface area (Å²) in [6.45, 7) is 1.80. The number of anilines is 1. The van der Waals surface area contributed by atoms with Crippen LogP contribution in [0.1, 0.15) is 12.0 Å². The largest absolute Gasteiger partial charge is 0.365 e. The molecule has 4 rings (SSSR count). The number of aliphatic imine (C=N–C) groups is 1. The maximum absolute atomic E-state index is 14.1. The van der Waals surface area contributed by atoms with Gasteiger partial charge >= 0.3 is 0 Å². The second-order valence-electron chi connectivity index (χ2n) is 7.52. The summed E-state index contributed by atoms with van der Waals surface area (Å²) in [4.78, 5) is 6.02. The Kier molecular flexibility index (Phi) is 8.43. The molecule has 0 radical (unpaired) electrons. The van der Waals surface area contributed by atoms with Crippen molar-refractivity contribution in [2.24, 2.45) is 4.99 Å². The van der Waals surface area contributed by atoms with Crippen LogP contribution in [0.2, 0.25) is 0 Å². The van der Waals surface area contributed by atoms with Crippen molar-refractivity contribution < 1.29 is 8.78 Å². The van der Waals surface area contributed by atoms with E-state index in [0.717, 1.165) is 24.1 Å². The molecule has 6 nitrogen and oxygen atoms in total. The van der Waals surface area contributed by atoms with Crippen LogP contribution in [0.15, 0.2) is 65.9 Å². The van der Waals surface area contributed by atoms with Crippen LogP contribution in [0.4, 0.5) is 14.5 Å². The van der Waals surface area contributed by atoms with Crippen molar-refractivity contribution >= 4 is 35.6 Å². The highest BCUT2D eigenvalue weighted by molar-refractivity contribution is 14.0. The molecule has 1 aliphatic heterocycles. The monoisotopic (exact) mass is 552 g/mol. The minimum Gasteiger partial charge on any atom is -0.365 e. The molecule has 0 spiro atoms. The van der Waals surface area contributed by atoms with Gasteiger partial charge in [-0.3, -0.25) is 4.99 Å². The van der Waals surface area contributed by atoms with Crippen LogP contribution in [0.25, 0.3) is 5.69 Å². The molecule has 0 aliphatic carbocycles. The fourth-order valence-electron chi connectivity index (χ4n) is 3.80. The van der Waals surface area contributed by atoms with E-state index < -0.39 is 11.6 Å². The SMILES string of the molecule is CN=C(NCCc1cnn(-c2ccccc2)c1)NC1CCN(c2c(F)cccc2F)C1.I. The third-order valence-electron chi connectivity index (χ3n) is 5.37. The van der Waals surface area contributed by atoms with E-state index >= 15 is 0 Å². The quantitative estimate of drug-likeness (QED) is 0.278. The van der Waals surface area contributed by atoms with Crippen LogP contribution in [0, 0.1) is 11.6 Å². The van der Waals surface area contributed by atoms with Crippen molar-refractivity contribution in [2.75, 3.05) is 31.6 Å². The molecule has 1 atom stereocenters. The zero-order valence-electron chi connectivity index (χ0n) is 17.8. The van der Waals surface area contributed by atoms with E-state index in [-0.39, 0.29) is 35.7 Å². The molecule has 3 aromatic rings. The Bertz CT molecular complexity index is 1020. The summed E-state index contributed by atoms with van der Waals surface area (Å²) in [7, 11) is 1.71. The predicted molar refractivity (Wildman–Crippen MR) is 134 cm³/mol. The van der Waals surface area contributed by atoms with Crippen molar-refractivity contribution in [3.05, 3.63) is 78.1 Å². The number of para-hydroxylation sites is 2. The van der Waals surface area contributed by atoms with Gasteiger partial charge in [-0.05, 0) is 42.7 Å². The summed E-state index contributed by atoms with van der Waals surface area (Å²) >= 11 is 0. The number of aromatic nitrogens is 2. The van der Waals surface area contributed by atoms with Crippen LogP contribution in [-0.2, 0) is 6.42 Å². The van der Waals surface area contributed by atoms with Gasteiger partial charge in [0.2, 0.25) is 0 Å². The summed E-state index contributed by atoms with van der Waals surface area (Å²) in [6.07, 6.45) is 5.46. The lowest BCUT2D eigenvalue weighted by Crippen LogP contribution is -2.45. The van der Waals surface area contributed by atoms with Crippen LogP contribution < -0.4 is 15.5 Å². The number of hydrogen-bond acceptors (Lipinski definition) is 3. The summed E-state index contributed by atoms with van der Waals surface area (Å²) in [5.41, 5.74) is 2.19. The molecular formula is C23H27F2IN6. The Morgan fingerprint density at radius 1 is 1.12 bits per heavy atom. The van der Waals surface area contributed by atoms with E-state index in [1.165, 1.54) is 18.2 Å². The Labute approximate surface area is 203 Å². The van der Waals surface area contributed by atoms with E-state index in [9.17, 15) is 8.78 Å². The van der Waals surface area contributed by atoms with Crippen molar-refractivity contribution in [1.29, 1.82) is 0 Å². The highest BCUT2D eigenvalue weighted by Gasteiger charge is 2.27. The number of halogens is 3. The molecule has 9 heteroatoms. The molecular weight excluding hydrogens is 525 g/mol. The highest BCUT2D eigenvalue weighted by atomic mass is 127. The summed E-state index contributed by atoms with van der Waals surface area (Å²) < 4.78 is 30.0. The fourth-order valence-corrected chi connectivity index (χ4v) is 3.80. The smallest absolute Gasteiger partial charge is 0.191 e. The van der Waals surface area contributed by atoms with Gasteiger partial charge in [0.25, 0.3) is 0 Å². The topological polar surface area (TPSA) is 57.5 Å². The maximum Gasteiger partial charge on any atom is 0.191 e. The zero-order chi connectivity index (χ0) is 21.6. The number of nitrogens with one attached hydrogen (secondary N) is 2. The molecule has 2 N–H and O–H groups in total. The van der Waals surface area contributed by atoms with E-state index in [0.29, 0.717) is 25.6 Å². The fraction of sp³-hybridized carbons (Fsp3) is 0.304. The van der Waals surface area contributed by atoms with Crippen LogP contribution >= 0.6 is 24.0 Å². The van der Waals surface area contributed by atoms with Gasteiger partial charge in [0.05, 0.1) is 11.9 Å². The van der Waals surface area contributed by atoms with Crippen molar-refractivity contribution in [3.63, 3.8) is 0 Å². The number of nitrogens with zero attached hydrogens (tertiary/aromatic N) is 4.